The zero-order chi connectivity index (χ0) is 23.6. The van der Waals surface area contributed by atoms with E-state index in [1.165, 1.54) is 7.05 Å². The molecule has 2 heterocycles. The molecule has 0 bridgehead atoms. The molecule has 0 fully saturated rings. The molecule has 2 amide bonds. The van der Waals surface area contributed by atoms with Crippen molar-refractivity contribution in [1.82, 2.24) is 30.4 Å². The third-order valence-corrected chi connectivity index (χ3v) is 4.76. The van der Waals surface area contributed by atoms with E-state index < -0.39 is 34.4 Å². The summed E-state index contributed by atoms with van der Waals surface area (Å²) in [5, 5.41) is 22.8. The lowest BCUT2D eigenvalue weighted by Crippen LogP contribution is -2.46. The lowest BCUT2D eigenvalue weighted by atomic mass is 10.0. The van der Waals surface area contributed by atoms with Gasteiger partial charge in [0.2, 0.25) is 11.6 Å². The van der Waals surface area contributed by atoms with Gasteiger partial charge in [-0.1, -0.05) is 29.8 Å². The van der Waals surface area contributed by atoms with Gasteiger partial charge in [-0.2, -0.15) is 0 Å². The molecule has 1 aromatic carbocycles. The van der Waals surface area contributed by atoms with E-state index in [2.05, 4.69) is 25.8 Å². The molecule has 0 aliphatic rings. The van der Waals surface area contributed by atoms with Crippen LogP contribution in [0.1, 0.15) is 57.9 Å². The number of amides is 2. The number of benzene rings is 1. The Balaban J connectivity index is 1.88. The standard InChI is InChI=1S/C21H24N6O5/c1-11-6-8-13(9-7-11)10-22-16(29)14-15(28)19(31)27(5)20(23-14)21(3,4)24-17(30)18-26-25-12(2)32-18/h6-9,28H,10H2,1-5H3,(H,22,29)(H,24,30). The molecule has 0 unspecified atom stereocenters. The maximum absolute atomic E-state index is 12.7. The van der Waals surface area contributed by atoms with Gasteiger partial charge in [0.05, 0.1) is 5.54 Å². The summed E-state index contributed by atoms with van der Waals surface area (Å²) < 4.78 is 6.18. The van der Waals surface area contributed by atoms with Gasteiger partial charge < -0.3 is 20.2 Å². The number of carbonyl (C=O) groups is 2. The van der Waals surface area contributed by atoms with E-state index in [9.17, 15) is 19.5 Å². The highest BCUT2D eigenvalue weighted by molar-refractivity contribution is 5.94. The lowest BCUT2D eigenvalue weighted by molar-refractivity contribution is 0.0869. The van der Waals surface area contributed by atoms with Crippen LogP contribution in [-0.4, -0.2) is 36.7 Å². The summed E-state index contributed by atoms with van der Waals surface area (Å²) in [6.45, 7) is 6.84. The summed E-state index contributed by atoms with van der Waals surface area (Å²) in [6, 6.07) is 7.53. The Hall–Kier alpha value is -4.02. The fourth-order valence-corrected chi connectivity index (χ4v) is 3.06. The summed E-state index contributed by atoms with van der Waals surface area (Å²) >= 11 is 0. The number of hydrogen-bond donors (Lipinski definition) is 3. The maximum Gasteiger partial charge on any atom is 0.309 e. The molecule has 3 rings (SSSR count). The van der Waals surface area contributed by atoms with Crippen molar-refractivity contribution in [3.63, 3.8) is 0 Å². The molecule has 2 aromatic heterocycles. The van der Waals surface area contributed by atoms with Crippen molar-refractivity contribution in [2.45, 2.75) is 39.8 Å². The highest BCUT2D eigenvalue weighted by Gasteiger charge is 2.32. The monoisotopic (exact) mass is 440 g/mol. The van der Waals surface area contributed by atoms with Crippen LogP contribution in [0.4, 0.5) is 0 Å². The average Bonchev–Trinajstić information content (AvgIpc) is 3.17. The zero-order valence-electron chi connectivity index (χ0n) is 18.4. The van der Waals surface area contributed by atoms with Crippen molar-refractivity contribution in [2.75, 3.05) is 0 Å². The zero-order valence-corrected chi connectivity index (χ0v) is 18.4. The third-order valence-electron chi connectivity index (χ3n) is 4.76. The van der Waals surface area contributed by atoms with E-state index in [0.717, 1.165) is 15.7 Å². The predicted octanol–water partition coefficient (Wildman–Crippen LogP) is 1.08. The number of carbonyl (C=O) groups excluding carboxylic acids is 2. The first kappa shape index (κ1) is 22.7. The molecular formula is C21H24N6O5. The van der Waals surface area contributed by atoms with Crippen LogP contribution in [0.25, 0.3) is 0 Å². The Morgan fingerprint density at radius 1 is 1.12 bits per heavy atom. The van der Waals surface area contributed by atoms with Crippen molar-refractivity contribution in [2.24, 2.45) is 7.05 Å². The molecule has 0 aliphatic heterocycles. The topological polar surface area (TPSA) is 152 Å². The first-order valence-corrected chi connectivity index (χ1v) is 9.76. The Morgan fingerprint density at radius 2 is 1.78 bits per heavy atom. The molecule has 3 aromatic rings. The fourth-order valence-electron chi connectivity index (χ4n) is 3.06. The van der Waals surface area contributed by atoms with E-state index in [1.54, 1.807) is 20.8 Å². The average molecular weight is 440 g/mol. The van der Waals surface area contributed by atoms with Crippen molar-refractivity contribution < 1.29 is 19.1 Å². The van der Waals surface area contributed by atoms with Crippen LogP contribution in [0.15, 0.2) is 33.5 Å². The Bertz CT molecular complexity index is 1230. The number of aromatic nitrogens is 4. The van der Waals surface area contributed by atoms with Crippen molar-refractivity contribution in [3.05, 3.63) is 69.0 Å². The summed E-state index contributed by atoms with van der Waals surface area (Å²) in [5.41, 5.74) is -0.573. The van der Waals surface area contributed by atoms with Gasteiger partial charge in [-0.25, -0.2) is 4.98 Å². The molecule has 0 saturated heterocycles. The van der Waals surface area contributed by atoms with E-state index >= 15 is 0 Å². The minimum atomic E-state index is -1.23. The number of aromatic hydroxyl groups is 1. The molecule has 0 atom stereocenters. The molecule has 168 valence electrons. The normalized spacial score (nSPS) is 11.3. The molecule has 0 saturated carbocycles. The molecule has 0 radical (unpaired) electrons. The van der Waals surface area contributed by atoms with Gasteiger partial charge in [-0.15, -0.1) is 10.2 Å². The minimum Gasteiger partial charge on any atom is -0.501 e. The maximum atomic E-state index is 12.7. The first-order valence-electron chi connectivity index (χ1n) is 9.76. The smallest absolute Gasteiger partial charge is 0.309 e. The Kier molecular flexibility index (Phi) is 6.10. The third kappa shape index (κ3) is 4.66. The van der Waals surface area contributed by atoms with Crippen LogP contribution in [0.5, 0.6) is 5.75 Å². The van der Waals surface area contributed by atoms with Crippen LogP contribution in [0, 0.1) is 13.8 Å². The highest BCUT2D eigenvalue weighted by atomic mass is 16.4. The number of aryl methyl sites for hydroxylation is 2. The quantitative estimate of drug-likeness (QED) is 0.515. The molecule has 3 N–H and O–H groups in total. The van der Waals surface area contributed by atoms with Crippen LogP contribution in [0.3, 0.4) is 0 Å². The van der Waals surface area contributed by atoms with Gasteiger partial charge in [0.1, 0.15) is 5.82 Å². The second-order valence-corrected chi connectivity index (χ2v) is 7.87. The van der Waals surface area contributed by atoms with Crippen molar-refractivity contribution >= 4 is 11.8 Å². The lowest BCUT2D eigenvalue weighted by Gasteiger charge is -2.27. The van der Waals surface area contributed by atoms with Crippen molar-refractivity contribution in [1.29, 1.82) is 0 Å². The van der Waals surface area contributed by atoms with E-state index in [1.807, 2.05) is 31.2 Å². The van der Waals surface area contributed by atoms with Gasteiger partial charge in [-0.05, 0) is 26.3 Å². The highest BCUT2D eigenvalue weighted by Crippen LogP contribution is 2.20. The SMILES string of the molecule is Cc1ccc(CNC(=O)c2nc(C(C)(C)NC(=O)c3nnc(C)o3)n(C)c(=O)c2O)cc1. The molecule has 0 aliphatic carbocycles. The Morgan fingerprint density at radius 3 is 2.38 bits per heavy atom. The molecular weight excluding hydrogens is 416 g/mol. The number of nitrogens with zero attached hydrogens (tertiary/aromatic N) is 4. The van der Waals surface area contributed by atoms with Gasteiger partial charge in [0.25, 0.3) is 11.5 Å². The second-order valence-electron chi connectivity index (χ2n) is 7.87. The summed E-state index contributed by atoms with van der Waals surface area (Å²) in [5.74, 6) is -2.18. The van der Waals surface area contributed by atoms with E-state index in [-0.39, 0.29) is 24.2 Å². The van der Waals surface area contributed by atoms with Crippen molar-refractivity contribution in [3.8, 4) is 5.75 Å². The molecule has 11 nitrogen and oxygen atoms in total. The molecule has 11 heteroatoms. The first-order chi connectivity index (χ1) is 15.0. The predicted molar refractivity (Wildman–Crippen MR) is 113 cm³/mol. The molecule has 0 spiro atoms. The van der Waals surface area contributed by atoms with Crippen LogP contribution >= 0.6 is 0 Å². The Labute approximate surface area is 183 Å². The van der Waals surface area contributed by atoms with Crippen LogP contribution < -0.4 is 16.2 Å². The number of rotatable bonds is 6. The van der Waals surface area contributed by atoms with Gasteiger partial charge in [0.15, 0.2) is 5.69 Å². The molecule has 32 heavy (non-hydrogen) atoms. The largest absolute Gasteiger partial charge is 0.501 e. The number of hydrogen-bond acceptors (Lipinski definition) is 8. The van der Waals surface area contributed by atoms with Crippen LogP contribution in [-0.2, 0) is 19.1 Å². The van der Waals surface area contributed by atoms with E-state index in [0.29, 0.717) is 0 Å². The van der Waals surface area contributed by atoms with Crippen LogP contribution in [0.2, 0.25) is 0 Å². The van der Waals surface area contributed by atoms with E-state index in [4.69, 9.17) is 4.42 Å². The summed E-state index contributed by atoms with van der Waals surface area (Å²) in [6.07, 6.45) is 0. The van der Waals surface area contributed by atoms with Gasteiger partial charge >= 0.3 is 11.8 Å². The summed E-state index contributed by atoms with van der Waals surface area (Å²) in [7, 11) is 1.38. The minimum absolute atomic E-state index is 0.0466. The van der Waals surface area contributed by atoms with Gasteiger partial charge in [-0.3, -0.25) is 19.0 Å². The number of nitrogens with one attached hydrogen (secondary N) is 2. The van der Waals surface area contributed by atoms with Gasteiger partial charge in [0, 0.05) is 20.5 Å². The fraction of sp³-hybridized carbons (Fsp3) is 0.333. The second kappa shape index (κ2) is 8.61. The summed E-state index contributed by atoms with van der Waals surface area (Å²) in [4.78, 5) is 41.9.